The highest BCUT2D eigenvalue weighted by Crippen LogP contribution is 2.24. The normalized spacial score (nSPS) is 11.0. The van der Waals surface area contributed by atoms with Crippen LogP contribution >= 0.6 is 35.1 Å². The Kier molecular flexibility index (Phi) is 5.01. The lowest BCUT2D eigenvalue weighted by molar-refractivity contribution is 0.390. The number of nitrogens with zero attached hydrogens (tertiary/aromatic N) is 4. The first kappa shape index (κ1) is 15.4. The molecule has 2 heterocycles. The molecular weight excluding hydrogens is 344 g/mol. The largest absolute Gasteiger partial charge is 0.415 e. The first-order chi connectivity index (χ1) is 10.7. The molecule has 0 aliphatic carbocycles. The predicted octanol–water partition coefficient (Wildman–Crippen LogP) is 3.93. The average Bonchev–Trinajstić information content (AvgIpc) is 3.15. The van der Waals surface area contributed by atoms with Crippen LogP contribution in [0.15, 0.2) is 38.4 Å². The molecule has 0 aliphatic heterocycles. The van der Waals surface area contributed by atoms with Crippen LogP contribution in [0.25, 0.3) is 11.4 Å². The lowest BCUT2D eigenvalue weighted by atomic mass is 10.2. The second-order valence-electron chi connectivity index (χ2n) is 4.21. The highest BCUT2D eigenvalue weighted by molar-refractivity contribution is 7.98. The number of hydrogen-bond donors (Lipinski definition) is 0. The molecule has 0 fully saturated rings. The van der Waals surface area contributed by atoms with Crippen molar-refractivity contribution >= 4 is 35.1 Å². The fraction of sp³-hybridized carbons (Fsp3) is 0.231. The third-order valence-corrected chi connectivity index (χ3v) is 4.16. The van der Waals surface area contributed by atoms with Crippen molar-refractivity contribution in [3.05, 3.63) is 41.1 Å². The van der Waals surface area contributed by atoms with Gasteiger partial charge in [0.05, 0.1) is 11.5 Å². The molecule has 0 radical (unpaired) electrons. The Morgan fingerprint density at radius 2 is 2.09 bits per heavy atom. The number of aromatic nitrogens is 4. The van der Waals surface area contributed by atoms with Crippen LogP contribution in [0.3, 0.4) is 0 Å². The smallest absolute Gasteiger partial charge is 0.277 e. The van der Waals surface area contributed by atoms with Crippen LogP contribution in [0.5, 0.6) is 0 Å². The molecule has 0 aliphatic rings. The molecule has 114 valence electrons. The zero-order valence-corrected chi connectivity index (χ0v) is 13.9. The second-order valence-corrected chi connectivity index (χ2v) is 6.43. The Labute approximate surface area is 140 Å². The second kappa shape index (κ2) is 7.17. The van der Waals surface area contributed by atoms with Crippen molar-refractivity contribution in [2.24, 2.45) is 0 Å². The lowest BCUT2D eigenvalue weighted by Crippen LogP contribution is -1.83. The Bertz CT molecular complexity index is 762. The van der Waals surface area contributed by atoms with Crippen molar-refractivity contribution in [2.75, 3.05) is 6.26 Å². The molecule has 3 aromatic rings. The van der Waals surface area contributed by atoms with Crippen molar-refractivity contribution in [1.29, 1.82) is 0 Å². The van der Waals surface area contributed by atoms with Gasteiger partial charge in [-0.3, -0.25) is 0 Å². The fourth-order valence-electron chi connectivity index (χ4n) is 1.66. The quantitative estimate of drug-likeness (QED) is 0.616. The first-order valence-electron chi connectivity index (χ1n) is 6.27. The molecule has 0 saturated carbocycles. The Morgan fingerprint density at radius 1 is 1.18 bits per heavy atom. The summed E-state index contributed by atoms with van der Waals surface area (Å²) in [5.41, 5.74) is 0.813. The van der Waals surface area contributed by atoms with Crippen LogP contribution in [0.2, 0.25) is 5.02 Å². The van der Waals surface area contributed by atoms with Gasteiger partial charge in [0.25, 0.3) is 5.22 Å². The Hall–Kier alpha value is -1.51. The van der Waals surface area contributed by atoms with Crippen molar-refractivity contribution < 1.29 is 8.94 Å². The van der Waals surface area contributed by atoms with E-state index in [-0.39, 0.29) is 0 Å². The maximum Gasteiger partial charge on any atom is 0.277 e. The number of thioether (sulfide) groups is 2. The summed E-state index contributed by atoms with van der Waals surface area (Å²) in [7, 11) is 0. The lowest BCUT2D eigenvalue weighted by Gasteiger charge is -1.93. The molecule has 2 aromatic heterocycles. The molecule has 0 N–H and O–H groups in total. The summed E-state index contributed by atoms with van der Waals surface area (Å²) in [6.07, 6.45) is 1.98. The monoisotopic (exact) mass is 354 g/mol. The highest BCUT2D eigenvalue weighted by Gasteiger charge is 2.12. The maximum atomic E-state index is 5.95. The molecule has 0 bridgehead atoms. The Morgan fingerprint density at radius 3 is 2.91 bits per heavy atom. The van der Waals surface area contributed by atoms with Gasteiger partial charge in [-0.15, -0.1) is 10.2 Å². The third-order valence-electron chi connectivity index (χ3n) is 2.59. The predicted molar refractivity (Wildman–Crippen MR) is 85.8 cm³/mol. The number of rotatable bonds is 6. The zero-order chi connectivity index (χ0) is 15.4. The van der Waals surface area contributed by atoms with E-state index in [1.165, 1.54) is 11.8 Å². The molecule has 3 rings (SSSR count). The van der Waals surface area contributed by atoms with E-state index in [1.54, 1.807) is 23.9 Å². The van der Waals surface area contributed by atoms with Gasteiger partial charge < -0.3 is 8.94 Å². The Balaban J connectivity index is 1.64. The minimum absolute atomic E-state index is 0.467. The summed E-state index contributed by atoms with van der Waals surface area (Å²) in [6, 6.07) is 7.30. The van der Waals surface area contributed by atoms with Gasteiger partial charge in [0, 0.05) is 10.6 Å². The molecule has 1 aromatic carbocycles. The SMILES string of the molecule is CSCc1nnc(SCc2nc(-c3cccc(Cl)c3)no2)o1. The fourth-order valence-corrected chi connectivity index (χ4v) is 2.83. The molecule has 0 amide bonds. The average molecular weight is 355 g/mol. The van der Waals surface area contributed by atoms with Gasteiger partial charge in [-0.1, -0.05) is 40.7 Å². The van der Waals surface area contributed by atoms with Crippen molar-refractivity contribution in [3.8, 4) is 11.4 Å². The van der Waals surface area contributed by atoms with Gasteiger partial charge in [-0.05, 0) is 18.4 Å². The third kappa shape index (κ3) is 3.82. The standard InChI is InChI=1S/C13H11ClN4O2S2/c1-21-6-11-16-17-13(19-11)22-7-10-15-12(18-20-10)8-3-2-4-9(14)5-8/h2-5H,6-7H2,1H3. The van der Waals surface area contributed by atoms with Gasteiger partial charge >= 0.3 is 0 Å². The first-order valence-corrected chi connectivity index (χ1v) is 9.03. The summed E-state index contributed by atoms with van der Waals surface area (Å²) in [6.45, 7) is 0. The minimum atomic E-state index is 0.467. The molecule has 0 spiro atoms. The van der Waals surface area contributed by atoms with Crippen molar-refractivity contribution in [1.82, 2.24) is 20.3 Å². The number of benzene rings is 1. The van der Waals surface area contributed by atoms with E-state index in [0.717, 1.165) is 5.56 Å². The summed E-state index contributed by atoms with van der Waals surface area (Å²) in [5, 5.41) is 13.0. The van der Waals surface area contributed by atoms with E-state index in [0.29, 0.717) is 39.4 Å². The molecule has 0 saturated heterocycles. The summed E-state index contributed by atoms with van der Waals surface area (Å²) < 4.78 is 10.7. The molecule has 9 heteroatoms. The topological polar surface area (TPSA) is 77.8 Å². The molecular formula is C13H11ClN4O2S2. The molecule has 0 unspecified atom stereocenters. The van der Waals surface area contributed by atoms with Crippen LogP contribution < -0.4 is 0 Å². The summed E-state index contributed by atoms with van der Waals surface area (Å²) >= 11 is 8.94. The van der Waals surface area contributed by atoms with Crippen LogP contribution in [-0.2, 0) is 11.5 Å². The van der Waals surface area contributed by atoms with Crippen LogP contribution in [-0.4, -0.2) is 26.6 Å². The van der Waals surface area contributed by atoms with E-state index < -0.39 is 0 Å². The van der Waals surface area contributed by atoms with E-state index in [4.69, 9.17) is 20.5 Å². The molecule has 0 atom stereocenters. The van der Waals surface area contributed by atoms with Crippen LogP contribution in [0.1, 0.15) is 11.8 Å². The molecule has 6 nitrogen and oxygen atoms in total. The van der Waals surface area contributed by atoms with Crippen LogP contribution in [0.4, 0.5) is 0 Å². The number of halogens is 1. The number of hydrogen-bond acceptors (Lipinski definition) is 8. The van der Waals surface area contributed by atoms with Crippen molar-refractivity contribution in [3.63, 3.8) is 0 Å². The van der Waals surface area contributed by atoms with Crippen LogP contribution in [0, 0.1) is 0 Å². The van der Waals surface area contributed by atoms with E-state index >= 15 is 0 Å². The summed E-state index contributed by atoms with van der Waals surface area (Å²) in [4.78, 5) is 4.33. The maximum absolute atomic E-state index is 5.95. The van der Waals surface area contributed by atoms with Gasteiger partial charge in [0.2, 0.25) is 17.6 Å². The zero-order valence-electron chi connectivity index (χ0n) is 11.5. The molecule has 22 heavy (non-hydrogen) atoms. The van der Waals surface area contributed by atoms with Gasteiger partial charge in [-0.25, -0.2) is 0 Å². The van der Waals surface area contributed by atoms with Gasteiger partial charge in [0.1, 0.15) is 0 Å². The van der Waals surface area contributed by atoms with E-state index in [2.05, 4.69) is 20.3 Å². The summed E-state index contributed by atoms with van der Waals surface area (Å²) in [5.74, 6) is 2.78. The highest BCUT2D eigenvalue weighted by atomic mass is 35.5. The van der Waals surface area contributed by atoms with Crippen molar-refractivity contribution in [2.45, 2.75) is 16.7 Å². The van der Waals surface area contributed by atoms with E-state index in [9.17, 15) is 0 Å². The van der Waals surface area contributed by atoms with Gasteiger partial charge in [0.15, 0.2) is 0 Å². The van der Waals surface area contributed by atoms with E-state index in [1.807, 2.05) is 18.4 Å². The minimum Gasteiger partial charge on any atom is -0.415 e. The van der Waals surface area contributed by atoms with Gasteiger partial charge in [-0.2, -0.15) is 16.7 Å².